The maximum absolute atomic E-state index is 10.7. The fourth-order valence-electron chi connectivity index (χ4n) is 1.53. The third kappa shape index (κ3) is 1.21. The van der Waals surface area contributed by atoms with Gasteiger partial charge in [-0.05, 0) is 25.7 Å². The van der Waals surface area contributed by atoms with Crippen LogP contribution in [0, 0.1) is 5.92 Å². The summed E-state index contributed by atoms with van der Waals surface area (Å²) in [6, 6.07) is 0. The molecular weight excluding hydrogens is 126 g/mol. The molecule has 0 aromatic heterocycles. The zero-order valence-corrected chi connectivity index (χ0v) is 6.68. The average Bonchev–Trinajstić information content (AvgIpc) is 1.84. The minimum absolute atomic E-state index is 0.147. The highest BCUT2D eigenvalue weighted by atomic mass is 16.1. The van der Waals surface area contributed by atoms with E-state index >= 15 is 0 Å². The molecule has 1 fully saturated rings. The lowest BCUT2D eigenvalue weighted by atomic mass is 9.66. The number of ketones is 1. The smallest absolute Gasteiger partial charge is 0.131 e. The van der Waals surface area contributed by atoms with Crippen molar-refractivity contribution in [3.8, 4) is 0 Å². The van der Waals surface area contributed by atoms with E-state index in [1.807, 2.05) is 0 Å². The summed E-state index contributed by atoms with van der Waals surface area (Å²) in [5.74, 6) is 0.755. The van der Waals surface area contributed by atoms with E-state index in [4.69, 9.17) is 5.73 Å². The normalized spacial score (nSPS) is 38.9. The Morgan fingerprint density at radius 2 is 2.40 bits per heavy atom. The first-order valence-electron chi connectivity index (χ1n) is 3.83. The van der Waals surface area contributed by atoms with E-state index in [1.165, 1.54) is 6.42 Å². The molecule has 0 heterocycles. The van der Waals surface area contributed by atoms with Crippen molar-refractivity contribution in [2.45, 2.75) is 38.6 Å². The summed E-state index contributed by atoms with van der Waals surface area (Å²) < 4.78 is 0. The van der Waals surface area contributed by atoms with Crippen LogP contribution in [-0.2, 0) is 4.79 Å². The molecule has 10 heavy (non-hydrogen) atoms. The van der Waals surface area contributed by atoms with E-state index < -0.39 is 0 Å². The van der Waals surface area contributed by atoms with Crippen LogP contribution in [0.15, 0.2) is 0 Å². The first-order valence-corrected chi connectivity index (χ1v) is 3.83. The number of carbonyl (C=O) groups excluding carboxylic acids is 1. The standard InChI is InChI=1S/C8H15NO/c1-6-3-4-8(6,9)5-7(2)10/h6H,3-5,9H2,1-2H3. The summed E-state index contributed by atoms with van der Waals surface area (Å²) in [5.41, 5.74) is 5.78. The van der Waals surface area contributed by atoms with Gasteiger partial charge >= 0.3 is 0 Å². The fraction of sp³-hybridized carbons (Fsp3) is 0.875. The number of hydrogen-bond acceptors (Lipinski definition) is 2. The minimum Gasteiger partial charge on any atom is -0.324 e. The summed E-state index contributed by atoms with van der Waals surface area (Å²) in [6.07, 6.45) is 2.77. The maximum atomic E-state index is 10.7. The Morgan fingerprint density at radius 3 is 2.50 bits per heavy atom. The number of Topliss-reactive ketones (excluding diaryl/α,β-unsaturated/α-hetero) is 1. The van der Waals surface area contributed by atoms with Crippen molar-refractivity contribution in [1.82, 2.24) is 0 Å². The topological polar surface area (TPSA) is 43.1 Å². The van der Waals surface area contributed by atoms with Crippen LogP contribution in [0.1, 0.15) is 33.1 Å². The van der Waals surface area contributed by atoms with Crippen LogP contribution in [0.4, 0.5) is 0 Å². The fourth-order valence-corrected chi connectivity index (χ4v) is 1.53. The number of rotatable bonds is 2. The molecule has 0 aromatic rings. The van der Waals surface area contributed by atoms with Crippen LogP contribution >= 0.6 is 0 Å². The molecule has 2 N–H and O–H groups in total. The molecule has 1 saturated carbocycles. The van der Waals surface area contributed by atoms with E-state index in [0.717, 1.165) is 6.42 Å². The van der Waals surface area contributed by atoms with Crippen LogP contribution < -0.4 is 5.73 Å². The highest BCUT2D eigenvalue weighted by molar-refractivity contribution is 5.77. The molecule has 2 nitrogen and oxygen atoms in total. The van der Waals surface area contributed by atoms with E-state index in [-0.39, 0.29) is 11.3 Å². The number of carbonyl (C=O) groups is 1. The lowest BCUT2D eigenvalue weighted by Crippen LogP contribution is -2.54. The van der Waals surface area contributed by atoms with Gasteiger partial charge in [-0.1, -0.05) is 6.92 Å². The summed E-state index contributed by atoms with van der Waals surface area (Å²) in [4.78, 5) is 10.7. The third-order valence-corrected chi connectivity index (χ3v) is 2.60. The average molecular weight is 141 g/mol. The Morgan fingerprint density at radius 1 is 1.80 bits per heavy atom. The number of nitrogens with two attached hydrogens (primary N) is 1. The van der Waals surface area contributed by atoms with Gasteiger partial charge < -0.3 is 5.73 Å². The lowest BCUT2D eigenvalue weighted by Gasteiger charge is -2.44. The van der Waals surface area contributed by atoms with Gasteiger partial charge in [0.1, 0.15) is 5.78 Å². The Kier molecular flexibility index (Phi) is 1.82. The SMILES string of the molecule is CC(=O)CC1(N)CCC1C. The summed E-state index contributed by atoms with van der Waals surface area (Å²) in [7, 11) is 0. The predicted molar refractivity (Wildman–Crippen MR) is 40.6 cm³/mol. The van der Waals surface area contributed by atoms with Gasteiger partial charge in [-0.25, -0.2) is 0 Å². The van der Waals surface area contributed by atoms with Crippen molar-refractivity contribution in [2.24, 2.45) is 11.7 Å². The zero-order valence-electron chi connectivity index (χ0n) is 6.68. The van der Waals surface area contributed by atoms with Crippen LogP contribution in [-0.4, -0.2) is 11.3 Å². The molecule has 0 amide bonds. The lowest BCUT2D eigenvalue weighted by molar-refractivity contribution is -0.119. The molecule has 0 aromatic carbocycles. The van der Waals surface area contributed by atoms with Crippen molar-refractivity contribution in [1.29, 1.82) is 0 Å². The predicted octanol–water partition coefficient (Wildman–Crippen LogP) is 1.09. The van der Waals surface area contributed by atoms with Gasteiger partial charge in [-0.3, -0.25) is 4.79 Å². The van der Waals surface area contributed by atoms with Gasteiger partial charge in [0, 0.05) is 12.0 Å². The molecule has 2 atom stereocenters. The molecule has 0 radical (unpaired) electrons. The van der Waals surface area contributed by atoms with Crippen molar-refractivity contribution >= 4 is 5.78 Å². The first kappa shape index (κ1) is 7.73. The van der Waals surface area contributed by atoms with E-state index in [0.29, 0.717) is 12.3 Å². The molecule has 58 valence electrons. The van der Waals surface area contributed by atoms with Crippen molar-refractivity contribution < 1.29 is 4.79 Å². The molecule has 2 unspecified atom stereocenters. The van der Waals surface area contributed by atoms with Crippen LogP contribution in [0.2, 0.25) is 0 Å². The minimum atomic E-state index is -0.147. The van der Waals surface area contributed by atoms with Gasteiger partial charge in [0.15, 0.2) is 0 Å². The maximum Gasteiger partial charge on any atom is 0.131 e. The second-order valence-corrected chi connectivity index (χ2v) is 3.55. The Balaban J connectivity index is 2.45. The van der Waals surface area contributed by atoms with E-state index in [2.05, 4.69) is 6.92 Å². The van der Waals surface area contributed by atoms with Gasteiger partial charge in [0.25, 0.3) is 0 Å². The molecular formula is C8H15NO. The molecule has 1 aliphatic rings. The van der Waals surface area contributed by atoms with Crippen molar-refractivity contribution in [2.75, 3.05) is 0 Å². The van der Waals surface area contributed by atoms with Gasteiger partial charge in [-0.2, -0.15) is 0 Å². The van der Waals surface area contributed by atoms with Crippen molar-refractivity contribution in [3.05, 3.63) is 0 Å². The van der Waals surface area contributed by atoms with E-state index in [1.54, 1.807) is 6.92 Å². The first-order chi connectivity index (χ1) is 4.54. The van der Waals surface area contributed by atoms with E-state index in [9.17, 15) is 4.79 Å². The number of hydrogen-bond donors (Lipinski definition) is 1. The van der Waals surface area contributed by atoms with Gasteiger partial charge in [0.05, 0.1) is 0 Å². The highest BCUT2D eigenvalue weighted by Crippen LogP contribution is 2.38. The van der Waals surface area contributed by atoms with Crippen LogP contribution in [0.3, 0.4) is 0 Å². The van der Waals surface area contributed by atoms with Crippen molar-refractivity contribution in [3.63, 3.8) is 0 Å². The van der Waals surface area contributed by atoms with Gasteiger partial charge in [0.2, 0.25) is 0 Å². The molecule has 1 aliphatic carbocycles. The summed E-state index contributed by atoms with van der Waals surface area (Å²) in [5, 5.41) is 0. The van der Waals surface area contributed by atoms with Gasteiger partial charge in [-0.15, -0.1) is 0 Å². The molecule has 0 aliphatic heterocycles. The highest BCUT2D eigenvalue weighted by Gasteiger charge is 2.40. The monoisotopic (exact) mass is 141 g/mol. The quantitative estimate of drug-likeness (QED) is 0.625. The summed E-state index contributed by atoms with van der Waals surface area (Å²) in [6.45, 7) is 3.73. The zero-order chi connectivity index (χ0) is 7.78. The third-order valence-electron chi connectivity index (χ3n) is 2.60. The Hall–Kier alpha value is -0.370. The van der Waals surface area contributed by atoms with Crippen LogP contribution in [0.5, 0.6) is 0 Å². The molecule has 2 heteroatoms. The Bertz CT molecular complexity index is 155. The summed E-state index contributed by atoms with van der Waals surface area (Å²) >= 11 is 0. The largest absolute Gasteiger partial charge is 0.324 e. The molecule has 0 bridgehead atoms. The molecule has 0 spiro atoms. The van der Waals surface area contributed by atoms with Crippen LogP contribution in [0.25, 0.3) is 0 Å². The Labute approximate surface area is 61.8 Å². The second kappa shape index (κ2) is 2.35. The molecule has 0 saturated heterocycles. The second-order valence-electron chi connectivity index (χ2n) is 3.55. The molecule has 1 rings (SSSR count).